The van der Waals surface area contributed by atoms with Crippen LogP contribution < -0.4 is 5.43 Å². The van der Waals surface area contributed by atoms with Crippen molar-refractivity contribution in [1.82, 2.24) is 14.7 Å². The van der Waals surface area contributed by atoms with Gasteiger partial charge in [0.1, 0.15) is 0 Å². The van der Waals surface area contributed by atoms with E-state index in [0.717, 1.165) is 24.8 Å². The predicted octanol–water partition coefficient (Wildman–Crippen LogP) is 2.02. The maximum Gasteiger partial charge on any atom is 0.271 e. The molecule has 1 aromatic heterocycles. The Labute approximate surface area is 152 Å². The molecule has 0 saturated carbocycles. The van der Waals surface area contributed by atoms with Crippen molar-refractivity contribution in [2.24, 2.45) is 5.10 Å². The van der Waals surface area contributed by atoms with Gasteiger partial charge in [0.25, 0.3) is 5.91 Å². The highest BCUT2D eigenvalue weighted by atomic mass is 32.2. The van der Waals surface area contributed by atoms with E-state index in [2.05, 4.69) is 15.5 Å². The van der Waals surface area contributed by atoms with E-state index in [1.54, 1.807) is 36.7 Å². The summed E-state index contributed by atoms with van der Waals surface area (Å²) in [7, 11) is -3.57. The molecule has 0 atom stereocenters. The van der Waals surface area contributed by atoms with Crippen molar-refractivity contribution in [3.8, 4) is 0 Å². The SMILES string of the molecule is O=C(N/N=C\c1ccncc1)c1cccc(S(=O)(=O)N2CCCCC2)c1. The zero-order valence-corrected chi connectivity index (χ0v) is 15.0. The number of aromatic nitrogens is 1. The van der Waals surface area contributed by atoms with E-state index in [0.29, 0.717) is 13.1 Å². The number of carbonyl (C=O) groups excluding carboxylic acids is 1. The highest BCUT2D eigenvalue weighted by Crippen LogP contribution is 2.21. The number of hydrazone groups is 1. The summed E-state index contributed by atoms with van der Waals surface area (Å²) in [4.78, 5) is 16.3. The minimum Gasteiger partial charge on any atom is -0.267 e. The van der Waals surface area contributed by atoms with Crippen LogP contribution in [0.5, 0.6) is 0 Å². The van der Waals surface area contributed by atoms with Gasteiger partial charge in [0.05, 0.1) is 11.1 Å². The van der Waals surface area contributed by atoms with Crippen LogP contribution in [0.2, 0.25) is 0 Å². The largest absolute Gasteiger partial charge is 0.271 e. The molecule has 0 bridgehead atoms. The second-order valence-electron chi connectivity index (χ2n) is 5.97. The van der Waals surface area contributed by atoms with Crippen LogP contribution in [0.4, 0.5) is 0 Å². The third-order valence-corrected chi connectivity index (χ3v) is 6.03. The van der Waals surface area contributed by atoms with E-state index in [4.69, 9.17) is 0 Å². The first-order valence-corrected chi connectivity index (χ1v) is 9.85. The number of sulfonamides is 1. The Morgan fingerprint density at radius 1 is 1.12 bits per heavy atom. The van der Waals surface area contributed by atoms with Gasteiger partial charge in [0, 0.05) is 31.0 Å². The Morgan fingerprint density at radius 3 is 2.58 bits per heavy atom. The van der Waals surface area contributed by atoms with E-state index in [1.807, 2.05) is 0 Å². The molecule has 0 spiro atoms. The Hall–Kier alpha value is -2.58. The molecule has 26 heavy (non-hydrogen) atoms. The first-order chi connectivity index (χ1) is 12.6. The van der Waals surface area contributed by atoms with E-state index in [1.165, 1.54) is 22.7 Å². The standard InChI is InChI=1S/C18H20N4O3S/c23-18(21-20-14-15-7-9-19-10-8-15)16-5-4-6-17(13-16)26(24,25)22-11-2-1-3-12-22/h4-10,13-14H,1-3,11-12H2,(H,21,23)/b20-14-. The zero-order chi connectivity index (χ0) is 18.4. The van der Waals surface area contributed by atoms with Crippen LogP contribution in [-0.4, -0.2) is 42.9 Å². The molecule has 8 heteroatoms. The topological polar surface area (TPSA) is 91.7 Å². The van der Waals surface area contributed by atoms with Gasteiger partial charge in [-0.1, -0.05) is 12.5 Å². The molecule has 3 rings (SSSR count). The molecule has 1 amide bonds. The monoisotopic (exact) mass is 372 g/mol. The van der Waals surface area contributed by atoms with Crippen LogP contribution in [0.1, 0.15) is 35.2 Å². The Morgan fingerprint density at radius 2 is 1.85 bits per heavy atom. The van der Waals surface area contributed by atoms with E-state index in [-0.39, 0.29) is 10.5 Å². The first kappa shape index (κ1) is 18.2. The van der Waals surface area contributed by atoms with Crippen molar-refractivity contribution in [3.05, 3.63) is 59.9 Å². The van der Waals surface area contributed by atoms with E-state index >= 15 is 0 Å². The molecular formula is C18H20N4O3S. The molecule has 1 aliphatic rings. The second kappa shape index (κ2) is 8.20. The highest BCUT2D eigenvalue weighted by molar-refractivity contribution is 7.89. The van der Waals surface area contributed by atoms with Crippen LogP contribution >= 0.6 is 0 Å². The van der Waals surface area contributed by atoms with Crippen molar-refractivity contribution in [1.29, 1.82) is 0 Å². The summed E-state index contributed by atoms with van der Waals surface area (Å²) in [5, 5.41) is 3.89. The molecule has 0 unspecified atom stereocenters. The van der Waals surface area contributed by atoms with E-state index in [9.17, 15) is 13.2 Å². The quantitative estimate of drug-likeness (QED) is 0.642. The van der Waals surface area contributed by atoms with Gasteiger partial charge in [-0.05, 0) is 48.7 Å². The molecule has 0 aliphatic carbocycles. The van der Waals surface area contributed by atoms with Crippen LogP contribution in [0.3, 0.4) is 0 Å². The minimum atomic E-state index is -3.57. The Balaban J connectivity index is 1.72. The number of pyridine rings is 1. The lowest BCUT2D eigenvalue weighted by Gasteiger charge is -2.25. The lowest BCUT2D eigenvalue weighted by molar-refractivity contribution is 0.0955. The fraction of sp³-hybridized carbons (Fsp3) is 0.278. The average Bonchev–Trinajstić information content (AvgIpc) is 2.69. The second-order valence-corrected chi connectivity index (χ2v) is 7.91. The summed E-state index contributed by atoms with van der Waals surface area (Å²) in [6.45, 7) is 1.05. The van der Waals surface area contributed by atoms with Gasteiger partial charge < -0.3 is 0 Å². The molecule has 7 nitrogen and oxygen atoms in total. The molecular weight excluding hydrogens is 352 g/mol. The van der Waals surface area contributed by atoms with Crippen LogP contribution in [0, 0.1) is 0 Å². The Kier molecular flexibility index (Phi) is 5.75. The molecule has 0 radical (unpaired) electrons. The van der Waals surface area contributed by atoms with Crippen LogP contribution in [0.25, 0.3) is 0 Å². The van der Waals surface area contributed by atoms with Gasteiger partial charge in [-0.2, -0.15) is 9.41 Å². The van der Waals surface area contributed by atoms with Gasteiger partial charge in [0.15, 0.2) is 0 Å². The number of hydrogen-bond donors (Lipinski definition) is 1. The van der Waals surface area contributed by atoms with Gasteiger partial charge in [0.2, 0.25) is 10.0 Å². The van der Waals surface area contributed by atoms with Crippen molar-refractivity contribution in [2.75, 3.05) is 13.1 Å². The summed E-state index contributed by atoms with van der Waals surface area (Å²) in [5.41, 5.74) is 3.45. The fourth-order valence-corrected chi connectivity index (χ4v) is 4.30. The number of hydrogen-bond acceptors (Lipinski definition) is 5. The maximum absolute atomic E-state index is 12.7. The van der Waals surface area contributed by atoms with Crippen molar-refractivity contribution in [2.45, 2.75) is 24.2 Å². The zero-order valence-electron chi connectivity index (χ0n) is 14.2. The summed E-state index contributed by atoms with van der Waals surface area (Å²) in [6.07, 6.45) is 7.51. The van der Waals surface area contributed by atoms with E-state index < -0.39 is 15.9 Å². The first-order valence-electron chi connectivity index (χ1n) is 8.41. The molecule has 2 aromatic rings. The number of amides is 1. The molecule has 1 saturated heterocycles. The number of nitrogens with zero attached hydrogens (tertiary/aromatic N) is 3. The number of benzene rings is 1. The maximum atomic E-state index is 12.7. The fourth-order valence-electron chi connectivity index (χ4n) is 2.73. The highest BCUT2D eigenvalue weighted by Gasteiger charge is 2.26. The Bertz CT molecular complexity index is 892. The predicted molar refractivity (Wildman–Crippen MR) is 98.3 cm³/mol. The number of piperidine rings is 1. The van der Waals surface area contributed by atoms with Crippen molar-refractivity contribution in [3.63, 3.8) is 0 Å². The molecule has 136 valence electrons. The van der Waals surface area contributed by atoms with Gasteiger partial charge in [-0.15, -0.1) is 0 Å². The normalized spacial score (nSPS) is 15.8. The molecule has 1 aliphatic heterocycles. The third kappa shape index (κ3) is 4.33. The minimum absolute atomic E-state index is 0.130. The van der Waals surface area contributed by atoms with Crippen LogP contribution in [-0.2, 0) is 10.0 Å². The lowest BCUT2D eigenvalue weighted by Crippen LogP contribution is -2.35. The van der Waals surface area contributed by atoms with Gasteiger partial charge in [-0.25, -0.2) is 13.8 Å². The summed E-state index contributed by atoms with van der Waals surface area (Å²) in [5.74, 6) is -0.467. The van der Waals surface area contributed by atoms with Gasteiger partial charge >= 0.3 is 0 Å². The average molecular weight is 372 g/mol. The summed E-state index contributed by atoms with van der Waals surface area (Å²) < 4.78 is 26.9. The van der Waals surface area contributed by atoms with Gasteiger partial charge in [-0.3, -0.25) is 9.78 Å². The molecule has 2 heterocycles. The number of rotatable bonds is 5. The summed E-state index contributed by atoms with van der Waals surface area (Å²) >= 11 is 0. The molecule has 1 aromatic carbocycles. The third-order valence-electron chi connectivity index (χ3n) is 4.13. The van der Waals surface area contributed by atoms with Crippen molar-refractivity contribution < 1.29 is 13.2 Å². The van der Waals surface area contributed by atoms with Crippen molar-refractivity contribution >= 4 is 22.1 Å². The lowest BCUT2D eigenvalue weighted by atomic mass is 10.2. The number of carbonyl (C=O) groups is 1. The van der Waals surface area contributed by atoms with Crippen LogP contribution in [0.15, 0.2) is 58.8 Å². The molecule has 1 N–H and O–H groups in total. The molecule has 1 fully saturated rings. The smallest absolute Gasteiger partial charge is 0.267 e. The number of nitrogens with one attached hydrogen (secondary N) is 1. The summed E-state index contributed by atoms with van der Waals surface area (Å²) in [6, 6.07) is 9.54.